The average Bonchev–Trinajstić information content (AvgIpc) is 2.95. The van der Waals surface area contributed by atoms with E-state index < -0.39 is 86.8 Å². The molecule has 0 saturated carbocycles. The van der Waals surface area contributed by atoms with Crippen LogP contribution in [0, 0.1) is 0 Å². The molecule has 2 fully saturated rings. The van der Waals surface area contributed by atoms with Crippen LogP contribution in [0.1, 0.15) is 245 Å². The molecule has 0 bridgehead atoms. The maximum Gasteiger partial charge on any atom is 0.220 e. The van der Waals surface area contributed by atoms with Crippen LogP contribution in [0.25, 0.3) is 0 Å². The van der Waals surface area contributed by atoms with Crippen LogP contribution in [0.5, 0.6) is 0 Å². The van der Waals surface area contributed by atoms with Crippen LogP contribution in [-0.4, -0.2) is 140 Å². The van der Waals surface area contributed by atoms with E-state index in [4.69, 9.17) is 18.9 Å². The molecule has 1 amide bonds. The molecule has 0 aliphatic carbocycles. The highest BCUT2D eigenvalue weighted by atomic mass is 16.7. The number of hydrogen-bond acceptors (Lipinski definition) is 13. The standard InChI is InChI=1S/C70H121NO13/c1-3-5-7-9-11-13-14-15-16-17-18-19-20-21-22-23-24-25-26-27-28-29-30-31-32-33-34-35-36-37-38-39-40-41-42-43-44-46-48-50-52-54-62(75)71-58(59(74)53-51-49-47-45-12-10-8-6-4-2)57-81-69-67(80)65(78)68(61(56-73)83-69)84-70-66(79)64(77)63(76)60(55-72)82-70/h4-7,11-13,15-16,18-19,21-22,45,51,53,58-61,63-70,72-74,76-80H,3,8-10,14,17,20,23-44,46-50,52,54-57H2,1-2H3,(H,71,75)/b6-4+,7-5-,13-11-,16-15-,19-18-,22-21-,45-12+,53-51+. The minimum Gasteiger partial charge on any atom is -0.394 e. The predicted molar refractivity (Wildman–Crippen MR) is 341 cm³/mol. The van der Waals surface area contributed by atoms with Crippen molar-refractivity contribution >= 4 is 5.91 Å². The lowest BCUT2D eigenvalue weighted by Crippen LogP contribution is -2.65. The third-order valence-corrected chi connectivity index (χ3v) is 15.8. The summed E-state index contributed by atoms with van der Waals surface area (Å²) >= 11 is 0. The van der Waals surface area contributed by atoms with Gasteiger partial charge in [-0.05, 0) is 84.0 Å². The molecular formula is C70H121NO13. The number of ether oxygens (including phenoxy) is 4. The van der Waals surface area contributed by atoms with Gasteiger partial charge in [0.15, 0.2) is 12.6 Å². The molecule has 12 atom stereocenters. The molecular weight excluding hydrogens is 1060 g/mol. The van der Waals surface area contributed by atoms with Gasteiger partial charge in [-0.3, -0.25) is 4.79 Å². The van der Waals surface area contributed by atoms with E-state index >= 15 is 0 Å². The van der Waals surface area contributed by atoms with Crippen molar-refractivity contribution < 1.29 is 64.6 Å². The summed E-state index contributed by atoms with van der Waals surface area (Å²) in [6.07, 6.45) is 59.7. The number of amides is 1. The first-order valence-electron chi connectivity index (χ1n) is 33.4. The Hall–Kier alpha value is -3.09. The number of unbranched alkanes of at least 4 members (excludes halogenated alkanes) is 27. The summed E-state index contributed by atoms with van der Waals surface area (Å²) in [7, 11) is 0. The van der Waals surface area contributed by atoms with Crippen molar-refractivity contribution in [1.82, 2.24) is 5.32 Å². The fraction of sp³-hybridized carbons (Fsp3) is 0.757. The Labute approximate surface area is 509 Å². The van der Waals surface area contributed by atoms with E-state index in [-0.39, 0.29) is 18.9 Å². The summed E-state index contributed by atoms with van der Waals surface area (Å²) in [6, 6.07) is -0.938. The van der Waals surface area contributed by atoms with Gasteiger partial charge in [0.05, 0.1) is 32.0 Å². The van der Waals surface area contributed by atoms with Crippen molar-refractivity contribution in [2.75, 3.05) is 19.8 Å². The lowest BCUT2D eigenvalue weighted by atomic mass is 9.97. The number of carbonyl (C=O) groups excluding carboxylic acids is 1. The molecule has 14 heteroatoms. The first kappa shape index (κ1) is 77.0. The Balaban J connectivity index is 1.51. The number of rotatable bonds is 53. The lowest BCUT2D eigenvalue weighted by Gasteiger charge is -2.46. The monoisotopic (exact) mass is 1180 g/mol. The molecule has 0 radical (unpaired) electrons. The maximum atomic E-state index is 13.2. The van der Waals surface area contributed by atoms with Crippen LogP contribution in [0.2, 0.25) is 0 Å². The van der Waals surface area contributed by atoms with E-state index in [2.05, 4.69) is 91.2 Å². The highest BCUT2D eigenvalue weighted by Crippen LogP contribution is 2.30. The first-order chi connectivity index (χ1) is 41.1. The second-order valence-electron chi connectivity index (χ2n) is 23.2. The smallest absolute Gasteiger partial charge is 0.220 e. The minimum atomic E-state index is -1.79. The van der Waals surface area contributed by atoms with Crippen molar-refractivity contribution in [3.8, 4) is 0 Å². The van der Waals surface area contributed by atoms with Crippen LogP contribution in [0.15, 0.2) is 97.2 Å². The highest BCUT2D eigenvalue weighted by Gasteiger charge is 2.51. The van der Waals surface area contributed by atoms with Crippen LogP contribution >= 0.6 is 0 Å². The van der Waals surface area contributed by atoms with Crippen molar-refractivity contribution in [3.63, 3.8) is 0 Å². The van der Waals surface area contributed by atoms with Crippen molar-refractivity contribution in [2.24, 2.45) is 0 Å². The molecule has 2 heterocycles. The van der Waals surface area contributed by atoms with Gasteiger partial charge < -0.3 is 65.1 Å². The summed E-state index contributed by atoms with van der Waals surface area (Å²) in [5, 5.41) is 86.8. The van der Waals surface area contributed by atoms with Crippen LogP contribution in [-0.2, 0) is 23.7 Å². The normalized spacial score (nSPS) is 24.3. The molecule has 484 valence electrons. The number of aliphatic hydroxyl groups excluding tert-OH is 8. The van der Waals surface area contributed by atoms with E-state index in [0.29, 0.717) is 12.8 Å². The van der Waals surface area contributed by atoms with Crippen molar-refractivity contribution in [3.05, 3.63) is 97.2 Å². The Bertz CT molecular complexity index is 1780. The van der Waals surface area contributed by atoms with Gasteiger partial charge in [-0.2, -0.15) is 0 Å². The predicted octanol–water partition coefficient (Wildman–Crippen LogP) is 13.0. The van der Waals surface area contributed by atoms with Gasteiger partial charge >= 0.3 is 0 Å². The molecule has 0 aromatic carbocycles. The second-order valence-corrected chi connectivity index (χ2v) is 23.2. The van der Waals surface area contributed by atoms with Gasteiger partial charge in [-0.1, -0.05) is 252 Å². The largest absolute Gasteiger partial charge is 0.394 e. The fourth-order valence-electron chi connectivity index (χ4n) is 10.5. The number of carbonyl (C=O) groups is 1. The lowest BCUT2D eigenvalue weighted by molar-refractivity contribution is -0.359. The van der Waals surface area contributed by atoms with E-state index in [1.807, 2.05) is 19.1 Å². The third kappa shape index (κ3) is 38.2. The van der Waals surface area contributed by atoms with E-state index in [9.17, 15) is 45.6 Å². The zero-order chi connectivity index (χ0) is 60.9. The Morgan fingerprint density at radius 2 is 0.845 bits per heavy atom. The molecule has 12 unspecified atom stereocenters. The Morgan fingerprint density at radius 1 is 0.452 bits per heavy atom. The SMILES string of the molecule is C/C=C/CC/C=C/CC/C=C/C(O)C(COC1OC(CO)C(OC2OC(CO)C(O)C(O)C2O)C(O)C1O)NC(=O)CCCCCCCCCCCCCCCCCCCCCCCCCCC/C=C\C/C=C\C/C=C\C/C=C\C/C=C\CC. The fourth-order valence-corrected chi connectivity index (χ4v) is 10.5. The van der Waals surface area contributed by atoms with E-state index in [1.54, 1.807) is 6.08 Å². The van der Waals surface area contributed by atoms with Crippen molar-refractivity contribution in [1.29, 1.82) is 0 Å². The molecule has 9 N–H and O–H groups in total. The first-order valence-corrected chi connectivity index (χ1v) is 33.4. The molecule has 2 aliphatic rings. The van der Waals surface area contributed by atoms with Gasteiger partial charge in [0.25, 0.3) is 0 Å². The number of allylic oxidation sites excluding steroid dienone is 15. The van der Waals surface area contributed by atoms with Gasteiger partial charge in [0.1, 0.15) is 48.8 Å². The van der Waals surface area contributed by atoms with E-state index in [0.717, 1.165) is 70.6 Å². The van der Waals surface area contributed by atoms with Gasteiger partial charge in [0, 0.05) is 6.42 Å². The minimum absolute atomic E-state index is 0.256. The van der Waals surface area contributed by atoms with Crippen LogP contribution < -0.4 is 5.32 Å². The molecule has 0 aromatic rings. The topological polar surface area (TPSA) is 228 Å². The highest BCUT2D eigenvalue weighted by molar-refractivity contribution is 5.76. The van der Waals surface area contributed by atoms with Crippen LogP contribution in [0.4, 0.5) is 0 Å². The zero-order valence-electron chi connectivity index (χ0n) is 52.4. The Morgan fingerprint density at radius 3 is 1.31 bits per heavy atom. The molecule has 2 saturated heterocycles. The van der Waals surface area contributed by atoms with Gasteiger partial charge in [-0.15, -0.1) is 0 Å². The molecule has 0 aromatic heterocycles. The summed E-state index contributed by atoms with van der Waals surface area (Å²) in [4.78, 5) is 13.2. The molecule has 0 spiro atoms. The molecule has 2 aliphatic heterocycles. The average molecular weight is 1180 g/mol. The summed E-state index contributed by atoms with van der Waals surface area (Å²) in [6.45, 7) is 2.41. The molecule has 14 nitrogen and oxygen atoms in total. The summed E-state index contributed by atoms with van der Waals surface area (Å²) in [5.41, 5.74) is 0. The molecule has 2 rings (SSSR count). The number of hydrogen-bond donors (Lipinski definition) is 9. The number of aliphatic hydroxyl groups is 8. The second kappa shape index (κ2) is 54.1. The third-order valence-electron chi connectivity index (χ3n) is 15.8. The number of nitrogens with one attached hydrogen (secondary N) is 1. The zero-order valence-corrected chi connectivity index (χ0v) is 52.4. The summed E-state index contributed by atoms with van der Waals surface area (Å²) in [5.74, 6) is -0.256. The van der Waals surface area contributed by atoms with Crippen LogP contribution in [0.3, 0.4) is 0 Å². The van der Waals surface area contributed by atoms with Crippen molar-refractivity contribution in [2.45, 2.75) is 319 Å². The molecule has 84 heavy (non-hydrogen) atoms. The van der Waals surface area contributed by atoms with Gasteiger partial charge in [0.2, 0.25) is 5.91 Å². The summed E-state index contributed by atoms with van der Waals surface area (Å²) < 4.78 is 22.7. The van der Waals surface area contributed by atoms with E-state index in [1.165, 1.54) is 141 Å². The quantitative estimate of drug-likeness (QED) is 0.0204. The van der Waals surface area contributed by atoms with Gasteiger partial charge in [-0.25, -0.2) is 0 Å². The Kier molecular flexibility index (Phi) is 49.6. The maximum absolute atomic E-state index is 13.2.